The number of methoxy groups -OCH3 is 1. The molecule has 5 aromatic rings. The number of benzene rings is 4. The van der Waals surface area contributed by atoms with Crippen molar-refractivity contribution in [3.05, 3.63) is 102 Å². The topological polar surface area (TPSA) is 57.2 Å². The summed E-state index contributed by atoms with van der Waals surface area (Å²) in [7, 11) is 1.67. The van der Waals surface area contributed by atoms with Gasteiger partial charge in [0.15, 0.2) is 0 Å². The van der Waals surface area contributed by atoms with Crippen LogP contribution >= 0.6 is 0 Å². The van der Waals surface area contributed by atoms with Gasteiger partial charge >= 0.3 is 0 Å². The van der Waals surface area contributed by atoms with Crippen molar-refractivity contribution in [3.8, 4) is 16.9 Å². The third kappa shape index (κ3) is 3.40. The highest BCUT2D eigenvalue weighted by Gasteiger charge is 2.17. The fourth-order valence-electron chi connectivity index (χ4n) is 4.36. The molecule has 0 aliphatic carbocycles. The predicted molar refractivity (Wildman–Crippen MR) is 130 cm³/mol. The second-order valence-corrected chi connectivity index (χ2v) is 8.10. The number of carbonyl (C=O) groups is 1. The maximum Gasteiger partial charge on any atom is 0.249 e. The van der Waals surface area contributed by atoms with E-state index in [9.17, 15) is 4.79 Å². The van der Waals surface area contributed by atoms with Crippen LogP contribution in [0, 0.1) is 6.92 Å². The number of amides is 1. The van der Waals surface area contributed by atoms with Crippen LogP contribution in [0.25, 0.3) is 32.9 Å². The fraction of sp³-hybridized carbons (Fsp3) is 0.107. The third-order valence-corrected chi connectivity index (χ3v) is 6.04. The van der Waals surface area contributed by atoms with E-state index < -0.39 is 5.91 Å². The second-order valence-electron chi connectivity index (χ2n) is 8.10. The number of carbonyl (C=O) groups excluding carboxylic acids is 1. The van der Waals surface area contributed by atoms with Gasteiger partial charge in [0, 0.05) is 22.9 Å². The van der Waals surface area contributed by atoms with Crippen LogP contribution in [0.1, 0.15) is 21.5 Å². The zero-order valence-electron chi connectivity index (χ0n) is 18.1. The molecule has 1 heterocycles. The number of hydrogen-bond donors (Lipinski definition) is 1. The van der Waals surface area contributed by atoms with E-state index in [4.69, 9.17) is 10.5 Å². The summed E-state index contributed by atoms with van der Waals surface area (Å²) in [6.45, 7) is 2.79. The molecule has 4 heteroatoms. The molecule has 1 amide bonds. The van der Waals surface area contributed by atoms with Crippen LogP contribution in [-0.2, 0) is 6.54 Å². The number of rotatable bonds is 5. The Bertz CT molecular complexity index is 1450. The highest BCUT2D eigenvalue weighted by Crippen LogP contribution is 2.35. The van der Waals surface area contributed by atoms with Crippen molar-refractivity contribution in [2.24, 2.45) is 5.73 Å². The van der Waals surface area contributed by atoms with Crippen molar-refractivity contribution in [2.75, 3.05) is 7.11 Å². The molecule has 0 bridgehead atoms. The quantitative estimate of drug-likeness (QED) is 0.383. The molecule has 4 aromatic carbocycles. The lowest BCUT2D eigenvalue weighted by atomic mass is 10.0. The maximum atomic E-state index is 12.2. The molecule has 0 saturated heterocycles. The second kappa shape index (κ2) is 7.89. The lowest BCUT2D eigenvalue weighted by Crippen LogP contribution is -2.11. The Hall–Kier alpha value is -4.05. The number of ether oxygens (including phenoxy) is 1. The largest absolute Gasteiger partial charge is 0.497 e. The molecule has 0 aliphatic rings. The zero-order chi connectivity index (χ0) is 22.2. The van der Waals surface area contributed by atoms with Crippen LogP contribution in [-0.4, -0.2) is 17.6 Å². The van der Waals surface area contributed by atoms with E-state index in [-0.39, 0.29) is 0 Å². The Labute approximate surface area is 186 Å². The summed E-state index contributed by atoms with van der Waals surface area (Å²) in [5.74, 6) is 0.415. The Morgan fingerprint density at radius 1 is 0.875 bits per heavy atom. The maximum absolute atomic E-state index is 12.2. The smallest absolute Gasteiger partial charge is 0.249 e. The number of fused-ring (bicyclic) bond motifs is 3. The number of nitrogens with two attached hydrogens (primary N) is 1. The third-order valence-electron chi connectivity index (χ3n) is 6.04. The first-order valence-corrected chi connectivity index (χ1v) is 10.6. The van der Waals surface area contributed by atoms with E-state index in [1.54, 1.807) is 13.2 Å². The zero-order valence-corrected chi connectivity index (χ0v) is 18.1. The van der Waals surface area contributed by atoms with Crippen LogP contribution < -0.4 is 10.5 Å². The molecule has 4 nitrogen and oxygen atoms in total. The van der Waals surface area contributed by atoms with E-state index in [1.807, 2.05) is 18.2 Å². The molecule has 32 heavy (non-hydrogen) atoms. The van der Waals surface area contributed by atoms with Gasteiger partial charge in [0.05, 0.1) is 18.1 Å². The molecule has 0 radical (unpaired) electrons. The summed E-state index contributed by atoms with van der Waals surface area (Å²) < 4.78 is 7.57. The van der Waals surface area contributed by atoms with E-state index in [0.29, 0.717) is 12.1 Å². The summed E-state index contributed by atoms with van der Waals surface area (Å²) in [6, 6.07) is 28.7. The lowest BCUT2D eigenvalue weighted by molar-refractivity contribution is 0.100. The average Bonchev–Trinajstić information content (AvgIpc) is 3.13. The molecular weight excluding hydrogens is 396 g/mol. The van der Waals surface area contributed by atoms with E-state index in [0.717, 1.165) is 38.7 Å². The van der Waals surface area contributed by atoms with Gasteiger partial charge in [-0.2, -0.15) is 0 Å². The molecule has 0 fully saturated rings. The minimum Gasteiger partial charge on any atom is -0.497 e. The molecule has 158 valence electrons. The van der Waals surface area contributed by atoms with Crippen LogP contribution in [0.2, 0.25) is 0 Å². The summed E-state index contributed by atoms with van der Waals surface area (Å²) in [5.41, 5.74) is 13.0. The summed E-state index contributed by atoms with van der Waals surface area (Å²) in [6.07, 6.45) is 0. The average molecular weight is 421 g/mol. The fourth-order valence-corrected chi connectivity index (χ4v) is 4.36. The molecule has 0 saturated carbocycles. The highest BCUT2D eigenvalue weighted by atomic mass is 16.5. The first-order valence-electron chi connectivity index (χ1n) is 10.6. The Kier molecular flexibility index (Phi) is 4.91. The number of aromatic nitrogens is 1. The van der Waals surface area contributed by atoms with Crippen LogP contribution in [0.5, 0.6) is 5.75 Å². The monoisotopic (exact) mass is 420 g/mol. The molecular formula is C28H24N2O2. The van der Waals surface area contributed by atoms with Crippen LogP contribution in [0.15, 0.2) is 84.9 Å². The Morgan fingerprint density at radius 3 is 2.28 bits per heavy atom. The van der Waals surface area contributed by atoms with Gasteiger partial charge in [-0.3, -0.25) is 4.79 Å². The SMILES string of the molecule is COc1ccc(-c2ccc3c4c(C(N)=O)cccc4n(Cc4ccc(C)cc4)c3c2)cc1. The van der Waals surface area contributed by atoms with Crippen molar-refractivity contribution in [3.63, 3.8) is 0 Å². The van der Waals surface area contributed by atoms with E-state index in [1.165, 1.54) is 11.1 Å². The number of primary amides is 1. The van der Waals surface area contributed by atoms with Crippen molar-refractivity contribution in [1.29, 1.82) is 0 Å². The van der Waals surface area contributed by atoms with Crippen molar-refractivity contribution < 1.29 is 9.53 Å². The first-order chi connectivity index (χ1) is 15.5. The molecule has 1 aromatic heterocycles. The van der Waals surface area contributed by atoms with Gasteiger partial charge in [0.25, 0.3) is 0 Å². The summed E-state index contributed by atoms with van der Waals surface area (Å²) >= 11 is 0. The van der Waals surface area contributed by atoms with Crippen LogP contribution in [0.3, 0.4) is 0 Å². The number of aryl methyl sites for hydroxylation is 1. The van der Waals surface area contributed by atoms with Gasteiger partial charge in [0.1, 0.15) is 5.75 Å². The standard InChI is InChI=1S/C28H24N2O2/c1-18-6-8-19(9-7-18)17-30-25-5-3-4-24(28(29)31)27(25)23-15-12-21(16-26(23)30)20-10-13-22(32-2)14-11-20/h3-16H,17H2,1-2H3,(H2,29,31). The van der Waals surface area contributed by atoms with Gasteiger partial charge in [-0.15, -0.1) is 0 Å². The van der Waals surface area contributed by atoms with E-state index >= 15 is 0 Å². The molecule has 0 aliphatic heterocycles. The van der Waals surface area contributed by atoms with Gasteiger partial charge in [0.2, 0.25) is 5.91 Å². The molecule has 0 spiro atoms. The van der Waals surface area contributed by atoms with Crippen molar-refractivity contribution in [1.82, 2.24) is 4.57 Å². The van der Waals surface area contributed by atoms with Gasteiger partial charge in [-0.25, -0.2) is 0 Å². The minimum absolute atomic E-state index is 0.413. The molecule has 5 rings (SSSR count). The van der Waals surface area contributed by atoms with Gasteiger partial charge in [-0.1, -0.05) is 60.2 Å². The van der Waals surface area contributed by atoms with Gasteiger partial charge in [-0.05, 0) is 53.9 Å². The minimum atomic E-state index is -0.413. The number of hydrogen-bond acceptors (Lipinski definition) is 2. The Balaban J connectivity index is 1.75. The van der Waals surface area contributed by atoms with Crippen LogP contribution in [0.4, 0.5) is 0 Å². The van der Waals surface area contributed by atoms with Crippen molar-refractivity contribution >= 4 is 27.7 Å². The molecule has 0 unspecified atom stereocenters. The lowest BCUT2D eigenvalue weighted by Gasteiger charge is -2.10. The molecule has 2 N–H and O–H groups in total. The van der Waals surface area contributed by atoms with Gasteiger partial charge < -0.3 is 15.0 Å². The number of nitrogens with zero attached hydrogens (tertiary/aromatic N) is 1. The highest BCUT2D eigenvalue weighted by molar-refractivity contribution is 6.18. The summed E-state index contributed by atoms with van der Waals surface area (Å²) in [5, 5.41) is 1.93. The Morgan fingerprint density at radius 2 is 1.59 bits per heavy atom. The predicted octanol–water partition coefficient (Wildman–Crippen LogP) is 5.93. The van der Waals surface area contributed by atoms with Crippen molar-refractivity contribution in [2.45, 2.75) is 13.5 Å². The van der Waals surface area contributed by atoms with E-state index in [2.05, 4.69) is 72.2 Å². The summed E-state index contributed by atoms with van der Waals surface area (Å²) in [4.78, 5) is 12.2. The molecule has 0 atom stereocenters. The first kappa shape index (κ1) is 19.9. The normalized spacial score (nSPS) is 11.2.